The Kier molecular flexibility index (Phi) is 8.07. The maximum absolute atomic E-state index is 6.28. The molecule has 0 N–H and O–H groups in total. The molecule has 24 heavy (non-hydrogen) atoms. The molecule has 0 radical (unpaired) electrons. The summed E-state index contributed by atoms with van der Waals surface area (Å²) in [6.07, 6.45) is 5.86. The lowest BCUT2D eigenvalue weighted by atomic mass is 9.82. The van der Waals surface area contributed by atoms with Crippen LogP contribution in [0.3, 0.4) is 0 Å². The molecule has 1 aliphatic carbocycles. The molecule has 3 nitrogen and oxygen atoms in total. The minimum atomic E-state index is 0.337. The largest absolute Gasteiger partial charge is 0.377 e. The Labute approximate surface area is 149 Å². The average Bonchev–Trinajstić information content (AvgIpc) is 2.50. The number of nitrogens with zero attached hydrogens (tertiary/aromatic N) is 1. The highest BCUT2D eigenvalue weighted by molar-refractivity contribution is 5.11. The molecular formula is C21H37NO2. The molecule has 2 rings (SSSR count). The van der Waals surface area contributed by atoms with E-state index >= 15 is 0 Å². The van der Waals surface area contributed by atoms with Crippen LogP contribution in [-0.4, -0.2) is 49.5 Å². The van der Waals surface area contributed by atoms with Crippen molar-refractivity contribution in [2.75, 3.05) is 26.2 Å². The Morgan fingerprint density at radius 3 is 2.25 bits per heavy atom. The third kappa shape index (κ3) is 6.75. The number of hydrogen-bond donors (Lipinski definition) is 0. The SMILES string of the molecule is CC(C)OCCN1CCC(OC2CC(C#CC(C)C(C)C)C2)CC1. The summed E-state index contributed by atoms with van der Waals surface area (Å²) in [5.74, 6) is 8.61. The maximum Gasteiger partial charge on any atom is 0.0603 e. The van der Waals surface area contributed by atoms with Crippen LogP contribution in [-0.2, 0) is 9.47 Å². The van der Waals surface area contributed by atoms with Gasteiger partial charge in [0.1, 0.15) is 0 Å². The van der Waals surface area contributed by atoms with Crippen LogP contribution in [0.2, 0.25) is 0 Å². The zero-order chi connectivity index (χ0) is 17.5. The summed E-state index contributed by atoms with van der Waals surface area (Å²) in [5, 5.41) is 0. The molecule has 1 unspecified atom stereocenters. The molecule has 1 atom stereocenters. The van der Waals surface area contributed by atoms with Gasteiger partial charge < -0.3 is 14.4 Å². The third-order valence-electron chi connectivity index (χ3n) is 5.39. The van der Waals surface area contributed by atoms with Crippen molar-refractivity contribution in [1.82, 2.24) is 4.90 Å². The molecule has 0 aromatic rings. The minimum absolute atomic E-state index is 0.337. The van der Waals surface area contributed by atoms with E-state index in [2.05, 4.69) is 51.4 Å². The Morgan fingerprint density at radius 2 is 1.67 bits per heavy atom. The van der Waals surface area contributed by atoms with Crippen LogP contribution in [0.5, 0.6) is 0 Å². The van der Waals surface area contributed by atoms with E-state index in [9.17, 15) is 0 Å². The van der Waals surface area contributed by atoms with E-state index in [1.165, 1.54) is 12.8 Å². The van der Waals surface area contributed by atoms with Gasteiger partial charge >= 0.3 is 0 Å². The lowest BCUT2D eigenvalue weighted by molar-refractivity contribution is -0.0862. The number of ether oxygens (including phenoxy) is 2. The van der Waals surface area contributed by atoms with E-state index in [4.69, 9.17) is 9.47 Å². The van der Waals surface area contributed by atoms with Gasteiger partial charge in [-0.1, -0.05) is 32.6 Å². The van der Waals surface area contributed by atoms with Crippen LogP contribution >= 0.6 is 0 Å². The first-order chi connectivity index (χ1) is 11.4. The molecule has 138 valence electrons. The second-order valence-corrected chi connectivity index (χ2v) is 8.21. The summed E-state index contributed by atoms with van der Waals surface area (Å²) in [5.41, 5.74) is 0. The molecule has 0 aromatic heterocycles. The maximum atomic E-state index is 6.28. The van der Waals surface area contributed by atoms with E-state index in [0.29, 0.717) is 36.1 Å². The van der Waals surface area contributed by atoms with Crippen LogP contribution in [0.1, 0.15) is 60.3 Å². The third-order valence-corrected chi connectivity index (χ3v) is 5.39. The number of piperidine rings is 1. The van der Waals surface area contributed by atoms with E-state index in [1.54, 1.807) is 0 Å². The molecule has 3 heteroatoms. The van der Waals surface area contributed by atoms with E-state index in [-0.39, 0.29) is 0 Å². The zero-order valence-corrected chi connectivity index (χ0v) is 16.4. The number of hydrogen-bond acceptors (Lipinski definition) is 3. The first-order valence-corrected chi connectivity index (χ1v) is 9.94. The van der Waals surface area contributed by atoms with Gasteiger partial charge in [-0.2, -0.15) is 0 Å². The number of rotatable bonds is 7. The lowest BCUT2D eigenvalue weighted by Gasteiger charge is -2.38. The molecule has 1 heterocycles. The fourth-order valence-electron chi connectivity index (χ4n) is 3.17. The van der Waals surface area contributed by atoms with Crippen molar-refractivity contribution in [1.29, 1.82) is 0 Å². The normalized spacial score (nSPS) is 27.0. The predicted octanol–water partition coefficient (Wildman–Crippen LogP) is 3.97. The first-order valence-electron chi connectivity index (χ1n) is 9.94. The summed E-state index contributed by atoms with van der Waals surface area (Å²) < 4.78 is 11.9. The Bertz CT molecular complexity index is 409. The lowest BCUT2D eigenvalue weighted by Crippen LogP contribution is -2.42. The quantitative estimate of drug-likeness (QED) is 0.657. The molecule has 0 spiro atoms. The van der Waals surface area contributed by atoms with Crippen molar-refractivity contribution >= 4 is 0 Å². The van der Waals surface area contributed by atoms with Crippen LogP contribution < -0.4 is 0 Å². The monoisotopic (exact) mass is 335 g/mol. The molecule has 1 aliphatic heterocycles. The number of likely N-dealkylation sites (tertiary alicyclic amines) is 1. The van der Waals surface area contributed by atoms with E-state index < -0.39 is 0 Å². The highest BCUT2D eigenvalue weighted by atomic mass is 16.5. The van der Waals surface area contributed by atoms with Gasteiger partial charge in [0, 0.05) is 31.5 Å². The Hall–Kier alpha value is -0.560. The predicted molar refractivity (Wildman–Crippen MR) is 99.9 cm³/mol. The zero-order valence-electron chi connectivity index (χ0n) is 16.4. The fraction of sp³-hybridized carbons (Fsp3) is 0.905. The highest BCUT2D eigenvalue weighted by Gasteiger charge is 2.32. The molecular weight excluding hydrogens is 298 g/mol. The van der Waals surface area contributed by atoms with Crippen molar-refractivity contribution in [3.8, 4) is 11.8 Å². The molecule has 2 aliphatic rings. The van der Waals surface area contributed by atoms with Crippen LogP contribution in [0.4, 0.5) is 0 Å². The van der Waals surface area contributed by atoms with Crippen LogP contribution in [0.25, 0.3) is 0 Å². The molecule has 1 saturated carbocycles. The molecule has 1 saturated heterocycles. The van der Waals surface area contributed by atoms with Crippen molar-refractivity contribution in [3.63, 3.8) is 0 Å². The fourth-order valence-corrected chi connectivity index (χ4v) is 3.17. The second kappa shape index (κ2) is 9.80. The first kappa shape index (κ1) is 19.8. The topological polar surface area (TPSA) is 21.7 Å². The average molecular weight is 336 g/mol. The summed E-state index contributed by atoms with van der Waals surface area (Å²) in [6.45, 7) is 15.1. The summed E-state index contributed by atoms with van der Waals surface area (Å²) in [4.78, 5) is 2.50. The van der Waals surface area contributed by atoms with Crippen LogP contribution in [0, 0.1) is 29.6 Å². The van der Waals surface area contributed by atoms with Gasteiger partial charge in [0.25, 0.3) is 0 Å². The second-order valence-electron chi connectivity index (χ2n) is 8.21. The van der Waals surface area contributed by atoms with E-state index in [0.717, 1.165) is 39.1 Å². The molecule has 0 bridgehead atoms. The summed E-state index contributed by atoms with van der Waals surface area (Å²) in [7, 11) is 0. The molecule has 0 aromatic carbocycles. The standard InChI is InChI=1S/C21H37NO2/c1-16(2)18(5)6-7-19-14-21(15-19)24-20-8-10-22(11-9-20)12-13-23-17(3)4/h16-21H,8-15H2,1-5H3. The minimum Gasteiger partial charge on any atom is -0.377 e. The van der Waals surface area contributed by atoms with Crippen LogP contribution in [0.15, 0.2) is 0 Å². The van der Waals surface area contributed by atoms with Gasteiger partial charge in [0.05, 0.1) is 24.9 Å². The van der Waals surface area contributed by atoms with Gasteiger partial charge in [-0.15, -0.1) is 0 Å². The Morgan fingerprint density at radius 1 is 1.00 bits per heavy atom. The van der Waals surface area contributed by atoms with Crippen molar-refractivity contribution in [2.24, 2.45) is 17.8 Å². The molecule has 0 amide bonds. The van der Waals surface area contributed by atoms with Gasteiger partial charge in [0.15, 0.2) is 0 Å². The van der Waals surface area contributed by atoms with Gasteiger partial charge in [-0.25, -0.2) is 0 Å². The molecule has 2 fully saturated rings. The highest BCUT2D eigenvalue weighted by Crippen LogP contribution is 2.32. The van der Waals surface area contributed by atoms with Gasteiger partial charge in [-0.05, 0) is 45.4 Å². The summed E-state index contributed by atoms with van der Waals surface area (Å²) >= 11 is 0. The van der Waals surface area contributed by atoms with Crippen molar-refractivity contribution in [3.05, 3.63) is 0 Å². The van der Waals surface area contributed by atoms with E-state index in [1.807, 2.05) is 0 Å². The van der Waals surface area contributed by atoms with Gasteiger partial charge in [-0.3, -0.25) is 0 Å². The smallest absolute Gasteiger partial charge is 0.0603 e. The van der Waals surface area contributed by atoms with Crippen molar-refractivity contribution in [2.45, 2.75) is 78.6 Å². The Balaban J connectivity index is 1.56. The summed E-state index contributed by atoms with van der Waals surface area (Å²) in [6, 6.07) is 0. The van der Waals surface area contributed by atoms with Gasteiger partial charge in [0.2, 0.25) is 0 Å². The van der Waals surface area contributed by atoms with Crippen molar-refractivity contribution < 1.29 is 9.47 Å².